The monoisotopic (exact) mass is 762 g/mol. The molecule has 60 heavy (non-hydrogen) atoms. The van der Waals surface area contributed by atoms with Gasteiger partial charge in [0.05, 0.1) is 11.0 Å². The summed E-state index contributed by atoms with van der Waals surface area (Å²) in [6.45, 7) is 0. The Labute approximate surface area is 346 Å². The smallest absolute Gasteiger partial charge is 0.164 e. The molecule has 12 rings (SSSR count). The molecule has 0 unspecified atom stereocenters. The SMILES string of the molecule is c1ccc(-c2nc(-c3cc(-c4c5ccccc5cc5ccccc45)cc(-c4c5ccccc5cc5ccccc45)c3)nc(-c3ccc4nc5ccccc5cc4c3)n2)cc1. The topological polar surface area (TPSA) is 51.6 Å². The zero-order chi connectivity index (χ0) is 39.6. The molecule has 0 saturated carbocycles. The Balaban J connectivity index is 1.17. The second-order valence-electron chi connectivity index (χ2n) is 15.4. The average Bonchev–Trinajstić information content (AvgIpc) is 3.31. The predicted octanol–water partition coefficient (Wildman–Crippen LogP) is 14.5. The second kappa shape index (κ2) is 13.8. The first-order valence-corrected chi connectivity index (χ1v) is 20.3. The summed E-state index contributed by atoms with van der Waals surface area (Å²) in [5.41, 5.74) is 9.19. The third kappa shape index (κ3) is 5.77. The normalized spacial score (nSPS) is 11.7. The molecule has 0 saturated heterocycles. The first-order valence-electron chi connectivity index (χ1n) is 20.3. The summed E-state index contributed by atoms with van der Waals surface area (Å²) in [6.07, 6.45) is 0. The van der Waals surface area contributed by atoms with Gasteiger partial charge in [-0.05, 0) is 126 Å². The molecule has 0 bridgehead atoms. The van der Waals surface area contributed by atoms with E-state index in [2.05, 4.69) is 182 Å². The zero-order valence-corrected chi connectivity index (χ0v) is 32.4. The van der Waals surface area contributed by atoms with Gasteiger partial charge in [-0.25, -0.2) is 19.9 Å². The highest BCUT2D eigenvalue weighted by atomic mass is 15.0. The maximum Gasteiger partial charge on any atom is 0.164 e. The fourth-order valence-corrected chi connectivity index (χ4v) is 8.96. The van der Waals surface area contributed by atoms with Crippen molar-refractivity contribution in [1.29, 1.82) is 0 Å². The highest BCUT2D eigenvalue weighted by molar-refractivity contribution is 6.16. The molecule has 0 atom stereocenters. The highest BCUT2D eigenvalue weighted by Gasteiger charge is 2.19. The number of benzene rings is 10. The molecule has 0 radical (unpaired) electrons. The number of fused-ring (bicyclic) bond motifs is 6. The molecule has 0 aliphatic heterocycles. The van der Waals surface area contributed by atoms with E-state index in [1.54, 1.807) is 0 Å². The minimum Gasteiger partial charge on any atom is -0.248 e. The summed E-state index contributed by atoms with van der Waals surface area (Å²) in [4.78, 5) is 20.7. The van der Waals surface area contributed by atoms with Gasteiger partial charge in [0.25, 0.3) is 0 Å². The van der Waals surface area contributed by atoms with Crippen molar-refractivity contribution >= 4 is 64.9 Å². The molecular formula is C56H34N4. The molecule has 278 valence electrons. The summed E-state index contributed by atoms with van der Waals surface area (Å²) in [7, 11) is 0. The average molecular weight is 763 g/mol. The van der Waals surface area contributed by atoms with Crippen LogP contribution in [0.15, 0.2) is 206 Å². The van der Waals surface area contributed by atoms with Crippen LogP contribution in [-0.2, 0) is 0 Å². The molecule has 0 fully saturated rings. The third-order valence-corrected chi connectivity index (χ3v) is 11.8. The zero-order valence-electron chi connectivity index (χ0n) is 32.4. The second-order valence-corrected chi connectivity index (χ2v) is 15.4. The molecule has 4 nitrogen and oxygen atoms in total. The van der Waals surface area contributed by atoms with Gasteiger partial charge in [0.1, 0.15) is 0 Å². The number of aromatic nitrogens is 4. The highest BCUT2D eigenvalue weighted by Crippen LogP contribution is 2.43. The van der Waals surface area contributed by atoms with Crippen LogP contribution in [0.4, 0.5) is 0 Å². The maximum absolute atomic E-state index is 5.34. The van der Waals surface area contributed by atoms with Gasteiger partial charge in [-0.1, -0.05) is 146 Å². The van der Waals surface area contributed by atoms with E-state index < -0.39 is 0 Å². The van der Waals surface area contributed by atoms with Gasteiger partial charge >= 0.3 is 0 Å². The first kappa shape index (κ1) is 34.0. The van der Waals surface area contributed by atoms with Crippen LogP contribution in [0.2, 0.25) is 0 Å². The maximum atomic E-state index is 5.34. The van der Waals surface area contributed by atoms with Crippen molar-refractivity contribution in [3.05, 3.63) is 206 Å². The molecule has 4 heteroatoms. The van der Waals surface area contributed by atoms with Crippen molar-refractivity contribution in [2.45, 2.75) is 0 Å². The number of para-hydroxylation sites is 1. The molecule has 2 aromatic heterocycles. The van der Waals surface area contributed by atoms with Crippen molar-refractivity contribution in [3.8, 4) is 56.4 Å². The molecular weight excluding hydrogens is 729 g/mol. The lowest BCUT2D eigenvalue weighted by Gasteiger charge is -2.18. The molecule has 0 spiro atoms. The summed E-state index contributed by atoms with van der Waals surface area (Å²) in [5.74, 6) is 1.82. The van der Waals surface area contributed by atoms with Gasteiger partial charge in [0, 0.05) is 27.5 Å². The molecule has 10 aromatic carbocycles. The minimum absolute atomic E-state index is 0.604. The molecule has 0 aliphatic rings. The van der Waals surface area contributed by atoms with Gasteiger partial charge in [0.2, 0.25) is 0 Å². The van der Waals surface area contributed by atoms with E-state index in [0.717, 1.165) is 49.6 Å². The van der Waals surface area contributed by atoms with E-state index in [1.807, 2.05) is 24.3 Å². The van der Waals surface area contributed by atoms with E-state index in [-0.39, 0.29) is 0 Å². The van der Waals surface area contributed by atoms with Crippen LogP contribution in [0.5, 0.6) is 0 Å². The molecule has 2 heterocycles. The number of hydrogen-bond acceptors (Lipinski definition) is 4. The Morgan fingerprint density at radius 2 is 0.617 bits per heavy atom. The van der Waals surface area contributed by atoms with Crippen molar-refractivity contribution in [2.24, 2.45) is 0 Å². The van der Waals surface area contributed by atoms with Crippen LogP contribution in [0.3, 0.4) is 0 Å². The lowest BCUT2D eigenvalue weighted by molar-refractivity contribution is 1.07. The Bertz CT molecular complexity index is 3420. The third-order valence-electron chi connectivity index (χ3n) is 11.8. The van der Waals surface area contributed by atoms with E-state index in [1.165, 1.54) is 54.2 Å². The van der Waals surface area contributed by atoms with Crippen molar-refractivity contribution in [3.63, 3.8) is 0 Å². The van der Waals surface area contributed by atoms with E-state index in [9.17, 15) is 0 Å². The Morgan fingerprint density at radius 3 is 1.17 bits per heavy atom. The molecule has 0 amide bonds. The number of rotatable bonds is 5. The number of pyridine rings is 1. The Hall–Kier alpha value is -8.08. The molecule has 0 aliphatic carbocycles. The lowest BCUT2D eigenvalue weighted by Crippen LogP contribution is -2.01. The van der Waals surface area contributed by atoms with Crippen LogP contribution >= 0.6 is 0 Å². The van der Waals surface area contributed by atoms with Crippen LogP contribution < -0.4 is 0 Å². The summed E-state index contributed by atoms with van der Waals surface area (Å²) < 4.78 is 0. The fourth-order valence-electron chi connectivity index (χ4n) is 8.96. The van der Waals surface area contributed by atoms with Crippen molar-refractivity contribution < 1.29 is 0 Å². The standard InChI is InChI=1S/C56H34N4/c1-2-14-35(15-3-1)54-58-55(41-26-27-51-42(31-41)30-40-20-8-13-25-50(40)57-51)60-56(59-54)45-33-43(52-46-21-9-4-16-36(46)28-37-17-5-10-22-47(37)52)32-44(34-45)53-48-23-11-6-18-38(48)29-39-19-7-12-24-49(39)53/h1-34H. The number of nitrogens with zero attached hydrogens (tertiary/aromatic N) is 4. The van der Waals surface area contributed by atoms with Gasteiger partial charge < -0.3 is 0 Å². The minimum atomic E-state index is 0.604. The van der Waals surface area contributed by atoms with Gasteiger partial charge in [-0.15, -0.1) is 0 Å². The van der Waals surface area contributed by atoms with Gasteiger partial charge in [0.15, 0.2) is 17.5 Å². The number of hydrogen-bond donors (Lipinski definition) is 0. The predicted molar refractivity (Wildman–Crippen MR) is 250 cm³/mol. The fraction of sp³-hybridized carbons (Fsp3) is 0. The van der Waals surface area contributed by atoms with E-state index >= 15 is 0 Å². The summed E-state index contributed by atoms with van der Waals surface area (Å²) in [5, 5.41) is 11.7. The quantitative estimate of drug-likeness (QED) is 0.164. The lowest BCUT2D eigenvalue weighted by atomic mass is 9.87. The van der Waals surface area contributed by atoms with Crippen LogP contribution in [0, 0.1) is 0 Å². The van der Waals surface area contributed by atoms with Crippen LogP contribution in [0.25, 0.3) is 121 Å². The van der Waals surface area contributed by atoms with Gasteiger partial charge in [-0.2, -0.15) is 0 Å². The first-order chi connectivity index (χ1) is 29.7. The Kier molecular flexibility index (Phi) is 7.82. The van der Waals surface area contributed by atoms with Gasteiger partial charge in [-0.3, -0.25) is 0 Å². The summed E-state index contributed by atoms with van der Waals surface area (Å²) in [6, 6.07) is 73.2. The summed E-state index contributed by atoms with van der Waals surface area (Å²) >= 11 is 0. The van der Waals surface area contributed by atoms with Crippen molar-refractivity contribution in [1.82, 2.24) is 19.9 Å². The van der Waals surface area contributed by atoms with E-state index in [4.69, 9.17) is 19.9 Å². The van der Waals surface area contributed by atoms with Crippen molar-refractivity contribution in [2.75, 3.05) is 0 Å². The van der Waals surface area contributed by atoms with E-state index in [0.29, 0.717) is 17.5 Å². The molecule has 12 aromatic rings. The molecule has 0 N–H and O–H groups in total. The van der Waals surface area contributed by atoms with Crippen LogP contribution in [-0.4, -0.2) is 19.9 Å². The van der Waals surface area contributed by atoms with Crippen LogP contribution in [0.1, 0.15) is 0 Å². The largest absolute Gasteiger partial charge is 0.248 e. The Morgan fingerprint density at radius 1 is 0.217 bits per heavy atom.